The summed E-state index contributed by atoms with van der Waals surface area (Å²) in [7, 11) is 0. The van der Waals surface area contributed by atoms with Gasteiger partial charge in [0.15, 0.2) is 5.82 Å². The number of terminal acetylenes is 1. The van der Waals surface area contributed by atoms with E-state index in [9.17, 15) is 9.50 Å². The highest BCUT2D eigenvalue weighted by Crippen LogP contribution is 2.49. The van der Waals surface area contributed by atoms with E-state index in [1.165, 1.54) is 24.3 Å². The average molecular weight is 686 g/mol. The van der Waals surface area contributed by atoms with Crippen LogP contribution in [0.4, 0.5) is 14.6 Å². The molecule has 4 aromatic rings. The van der Waals surface area contributed by atoms with Gasteiger partial charge in [-0.05, 0) is 80.2 Å². The van der Waals surface area contributed by atoms with E-state index in [4.69, 9.17) is 32.5 Å². The van der Waals surface area contributed by atoms with E-state index in [1.807, 2.05) is 0 Å². The van der Waals surface area contributed by atoms with Gasteiger partial charge in [0.25, 0.3) is 0 Å². The normalized spacial score (nSPS) is 25.9. The highest BCUT2D eigenvalue weighted by molar-refractivity contribution is 6.35. The fraction of sp³-hybridized carbons (Fsp3) is 0.474. The van der Waals surface area contributed by atoms with Crippen molar-refractivity contribution in [3.05, 3.63) is 52.6 Å². The largest absolute Gasteiger partial charge is 0.508 e. The topological polar surface area (TPSA) is 83.0 Å². The monoisotopic (exact) mass is 685 g/mol. The summed E-state index contributed by atoms with van der Waals surface area (Å²) in [4.78, 5) is 14.3. The summed E-state index contributed by atoms with van der Waals surface area (Å²) >= 11 is 6.91. The van der Waals surface area contributed by atoms with E-state index in [0.717, 1.165) is 71.2 Å². The van der Waals surface area contributed by atoms with Gasteiger partial charge in [-0.15, -0.1) is 6.42 Å². The van der Waals surface area contributed by atoms with Crippen molar-refractivity contribution in [1.82, 2.24) is 20.2 Å². The summed E-state index contributed by atoms with van der Waals surface area (Å²) in [6.45, 7) is 5.62. The Balaban J connectivity index is 1.11. The smallest absolute Gasteiger partial charge is 0.319 e. The number of aromatic nitrogens is 2. The maximum Gasteiger partial charge on any atom is 0.319 e. The number of hydrogen-bond acceptors (Lipinski definition) is 8. The minimum absolute atomic E-state index is 0.00333. The molecule has 5 fully saturated rings. The van der Waals surface area contributed by atoms with Gasteiger partial charge >= 0.3 is 6.01 Å². The van der Waals surface area contributed by atoms with Gasteiger partial charge in [0.05, 0.1) is 22.8 Å². The SMILES string of the molecule is C#Cc1c(F)ccc2cc(O)cc(-c3c(Cl)cc4c(N5CC6CCC(C5)N6)nc(OCC5(CN6CCC7(CCCO7)C6)CC5)nc4c3F)c12. The molecule has 8 nitrogen and oxygen atoms in total. The van der Waals surface area contributed by atoms with E-state index in [2.05, 4.69) is 26.0 Å². The van der Waals surface area contributed by atoms with Gasteiger partial charge in [0, 0.05) is 73.2 Å². The second-order valence-electron chi connectivity index (χ2n) is 14.9. The van der Waals surface area contributed by atoms with Crippen molar-refractivity contribution < 1.29 is 23.4 Å². The van der Waals surface area contributed by atoms with Gasteiger partial charge in [-0.25, -0.2) is 8.78 Å². The molecular weight excluding hydrogens is 648 g/mol. The molecule has 0 amide bonds. The average Bonchev–Trinajstić information content (AvgIpc) is 3.34. The van der Waals surface area contributed by atoms with E-state index < -0.39 is 11.6 Å². The number of halogens is 3. The summed E-state index contributed by atoms with van der Waals surface area (Å²) in [6, 6.07) is 7.97. The zero-order chi connectivity index (χ0) is 33.5. The Labute approximate surface area is 288 Å². The molecule has 3 aromatic carbocycles. The van der Waals surface area contributed by atoms with Crippen molar-refractivity contribution in [1.29, 1.82) is 0 Å². The minimum atomic E-state index is -0.715. The quantitative estimate of drug-likeness (QED) is 0.216. The maximum absolute atomic E-state index is 17.1. The standard InChI is InChI=1S/C38H38ClF2N5O3/c1-2-26-30(40)7-4-22-14-25(47)15-27(31(22)26)32-29(39)16-28-34(33(32)41)43-36(44-35(28)46-17-23-5-6-24(18-46)42-23)48-21-37(9-10-37)19-45-12-11-38(20-45)8-3-13-49-38/h1,4,7,14-16,23-24,42,47H,3,5-6,8-13,17-21H2. The molecule has 9 rings (SSSR count). The Morgan fingerprint density at radius 1 is 1.10 bits per heavy atom. The Morgan fingerprint density at radius 2 is 1.92 bits per heavy atom. The van der Waals surface area contributed by atoms with Crippen molar-refractivity contribution >= 4 is 39.1 Å². The van der Waals surface area contributed by atoms with Crippen molar-refractivity contribution in [2.75, 3.05) is 50.8 Å². The van der Waals surface area contributed by atoms with Gasteiger partial charge in [0.1, 0.15) is 22.9 Å². The molecule has 5 aliphatic rings. The summed E-state index contributed by atoms with van der Waals surface area (Å²) in [5.74, 6) is 1.51. The van der Waals surface area contributed by atoms with Crippen LogP contribution in [-0.2, 0) is 4.74 Å². The summed E-state index contributed by atoms with van der Waals surface area (Å²) in [5.41, 5.74) is 0.178. The number of phenolic OH excluding ortho intramolecular Hbond substituents is 1. The lowest BCUT2D eigenvalue weighted by Crippen LogP contribution is -2.51. The zero-order valence-corrected chi connectivity index (χ0v) is 28.0. The number of piperazine rings is 1. The summed E-state index contributed by atoms with van der Waals surface area (Å²) < 4.78 is 44.6. The van der Waals surface area contributed by atoms with Crippen LogP contribution in [0, 0.1) is 29.4 Å². The Kier molecular flexibility index (Phi) is 7.44. The van der Waals surface area contributed by atoms with Crippen LogP contribution in [0.5, 0.6) is 11.8 Å². The fourth-order valence-electron chi connectivity index (χ4n) is 8.80. The van der Waals surface area contributed by atoms with Crippen molar-refractivity contribution in [2.45, 2.75) is 62.6 Å². The number of rotatable bonds is 7. The number of ether oxygens (including phenoxy) is 2. The number of benzene rings is 3. The van der Waals surface area contributed by atoms with Crippen molar-refractivity contribution in [3.63, 3.8) is 0 Å². The van der Waals surface area contributed by atoms with Crippen LogP contribution in [0.15, 0.2) is 30.3 Å². The third-order valence-corrected chi connectivity index (χ3v) is 11.7. The Morgan fingerprint density at radius 3 is 2.65 bits per heavy atom. The van der Waals surface area contributed by atoms with Crippen LogP contribution in [0.1, 0.15) is 50.5 Å². The van der Waals surface area contributed by atoms with Crippen molar-refractivity contribution in [2.24, 2.45) is 5.41 Å². The molecule has 1 aliphatic carbocycles. The number of nitrogens with one attached hydrogen (secondary N) is 1. The second-order valence-corrected chi connectivity index (χ2v) is 15.3. The molecule has 11 heteroatoms. The van der Waals surface area contributed by atoms with Crippen LogP contribution in [0.3, 0.4) is 0 Å². The van der Waals surface area contributed by atoms with Crippen LogP contribution in [0.2, 0.25) is 5.02 Å². The second kappa shape index (κ2) is 11.7. The van der Waals surface area contributed by atoms with E-state index >= 15 is 4.39 Å². The molecule has 2 N–H and O–H groups in total. The number of aromatic hydroxyl groups is 1. The van der Waals surface area contributed by atoms with Gasteiger partial charge in [-0.3, -0.25) is 4.90 Å². The molecule has 0 radical (unpaired) electrons. The molecule has 4 saturated heterocycles. The number of nitrogens with zero attached hydrogens (tertiary/aromatic N) is 4. The number of phenols is 1. The first-order valence-electron chi connectivity index (χ1n) is 17.3. The zero-order valence-electron chi connectivity index (χ0n) is 27.2. The molecule has 254 valence electrons. The molecule has 3 unspecified atom stereocenters. The van der Waals surface area contributed by atoms with Gasteiger partial charge in [-0.1, -0.05) is 23.6 Å². The molecule has 4 aliphatic heterocycles. The molecule has 49 heavy (non-hydrogen) atoms. The molecule has 3 atom stereocenters. The van der Waals surface area contributed by atoms with Crippen LogP contribution < -0.4 is 15.0 Å². The first kappa shape index (κ1) is 31.2. The number of hydrogen-bond donors (Lipinski definition) is 2. The highest BCUT2D eigenvalue weighted by Gasteiger charge is 2.49. The van der Waals surface area contributed by atoms with Crippen LogP contribution in [0.25, 0.3) is 32.8 Å². The Hall–Kier alpha value is -3.75. The van der Waals surface area contributed by atoms with Crippen molar-refractivity contribution in [3.8, 4) is 35.2 Å². The Bertz CT molecular complexity index is 2030. The number of likely N-dealkylation sites (tertiary alicyclic amines) is 1. The minimum Gasteiger partial charge on any atom is -0.508 e. The molecule has 1 spiro atoms. The van der Waals surface area contributed by atoms with Gasteiger partial charge in [0.2, 0.25) is 0 Å². The molecule has 1 aromatic heterocycles. The maximum atomic E-state index is 17.1. The van der Waals surface area contributed by atoms with Gasteiger partial charge in [-0.2, -0.15) is 9.97 Å². The highest BCUT2D eigenvalue weighted by atomic mass is 35.5. The predicted octanol–water partition coefficient (Wildman–Crippen LogP) is 6.42. The van der Waals surface area contributed by atoms with Crippen LogP contribution in [-0.4, -0.2) is 83.6 Å². The number of anilines is 1. The predicted molar refractivity (Wildman–Crippen MR) is 185 cm³/mol. The third-order valence-electron chi connectivity index (χ3n) is 11.4. The summed E-state index contributed by atoms with van der Waals surface area (Å²) in [5, 5.41) is 15.6. The first-order chi connectivity index (χ1) is 23.7. The van der Waals surface area contributed by atoms with E-state index in [0.29, 0.717) is 48.4 Å². The van der Waals surface area contributed by atoms with Gasteiger partial charge < -0.3 is 24.8 Å². The first-order valence-corrected chi connectivity index (χ1v) is 17.7. The fourth-order valence-corrected chi connectivity index (χ4v) is 9.10. The molecule has 2 bridgehead atoms. The lowest BCUT2D eigenvalue weighted by atomic mass is 9.93. The van der Waals surface area contributed by atoms with E-state index in [1.54, 1.807) is 6.07 Å². The lowest BCUT2D eigenvalue weighted by molar-refractivity contribution is 0.0105. The molecule has 1 saturated carbocycles. The third kappa shape index (κ3) is 5.46. The van der Waals surface area contributed by atoms with Crippen LogP contribution >= 0.6 is 11.6 Å². The summed E-state index contributed by atoms with van der Waals surface area (Å²) in [6.07, 6.45) is 13.3. The molecular formula is C38H38ClF2N5O3. The molecule has 5 heterocycles. The number of fused-ring (bicyclic) bond motifs is 4. The van der Waals surface area contributed by atoms with E-state index in [-0.39, 0.29) is 55.4 Å². The lowest BCUT2D eigenvalue weighted by Gasteiger charge is -2.34.